The van der Waals surface area contributed by atoms with E-state index in [2.05, 4.69) is 22.0 Å². The molecule has 0 unspecified atom stereocenters. The topological polar surface area (TPSA) is 33.0 Å². The largest absolute Gasteiger partial charge is 0.456 e. The maximum absolute atomic E-state index is 13.3. The van der Waals surface area contributed by atoms with Gasteiger partial charge in [0.15, 0.2) is 0 Å². The van der Waals surface area contributed by atoms with Gasteiger partial charge in [0.1, 0.15) is 17.3 Å². The Bertz CT molecular complexity index is 668. The molecule has 0 aliphatic rings. The fourth-order valence-electron chi connectivity index (χ4n) is 2.00. The molecule has 2 aromatic carbocycles. The normalized spacial score (nSPS) is 10.2. The van der Waals surface area contributed by atoms with Crippen molar-refractivity contribution in [2.75, 3.05) is 0 Å². The molecule has 0 N–H and O–H groups in total. The average Bonchev–Trinajstić information content (AvgIpc) is 2.36. The third-order valence-electron chi connectivity index (χ3n) is 2.92. The molecule has 0 amide bonds. The third kappa shape index (κ3) is 3.17. The first-order valence-corrected chi connectivity index (χ1v) is 6.90. The van der Waals surface area contributed by atoms with E-state index in [9.17, 15) is 4.39 Å². The molecule has 2 aromatic rings. The van der Waals surface area contributed by atoms with Crippen LogP contribution in [0.15, 0.2) is 34.8 Å². The first-order valence-electron chi connectivity index (χ1n) is 6.11. The summed E-state index contributed by atoms with van der Waals surface area (Å²) in [6.07, 6.45) is 0.355. The number of benzene rings is 2. The van der Waals surface area contributed by atoms with Gasteiger partial charge in [-0.2, -0.15) is 5.26 Å². The number of rotatable bonds is 3. The van der Waals surface area contributed by atoms with E-state index in [-0.39, 0.29) is 5.82 Å². The summed E-state index contributed by atoms with van der Waals surface area (Å²) in [5.41, 5.74) is 2.41. The van der Waals surface area contributed by atoms with Crippen LogP contribution in [-0.2, 0) is 6.42 Å². The lowest BCUT2D eigenvalue weighted by molar-refractivity contribution is 0.469. The van der Waals surface area contributed by atoms with Crippen molar-refractivity contribution in [1.82, 2.24) is 0 Å². The zero-order chi connectivity index (χ0) is 14.7. The lowest BCUT2D eigenvalue weighted by atomic mass is 10.1. The summed E-state index contributed by atoms with van der Waals surface area (Å²) in [5, 5.41) is 8.68. The average molecular weight is 334 g/mol. The van der Waals surface area contributed by atoms with E-state index < -0.39 is 0 Å². The van der Waals surface area contributed by atoms with Gasteiger partial charge in [-0.3, -0.25) is 0 Å². The van der Waals surface area contributed by atoms with Gasteiger partial charge in [0, 0.05) is 0 Å². The van der Waals surface area contributed by atoms with Crippen molar-refractivity contribution in [3.8, 4) is 17.6 Å². The summed E-state index contributed by atoms with van der Waals surface area (Å²) >= 11 is 3.43. The van der Waals surface area contributed by atoms with Gasteiger partial charge in [0.05, 0.1) is 17.0 Å². The molecular formula is C16H13BrFNO. The van der Waals surface area contributed by atoms with Crippen LogP contribution in [0.2, 0.25) is 0 Å². The molecule has 0 saturated carbocycles. The molecule has 2 rings (SSSR count). The molecule has 0 heterocycles. The Kier molecular flexibility index (Phi) is 4.41. The Hall–Kier alpha value is -1.86. The lowest BCUT2D eigenvalue weighted by Crippen LogP contribution is -1.94. The fraction of sp³-hybridized carbons (Fsp3) is 0.188. The predicted molar refractivity (Wildman–Crippen MR) is 79.4 cm³/mol. The molecule has 0 radical (unpaired) electrons. The monoisotopic (exact) mass is 333 g/mol. The number of halogens is 2. The van der Waals surface area contributed by atoms with E-state index >= 15 is 0 Å². The van der Waals surface area contributed by atoms with Crippen LogP contribution in [0.1, 0.15) is 16.7 Å². The Balaban J connectivity index is 2.34. The van der Waals surface area contributed by atoms with Gasteiger partial charge >= 0.3 is 0 Å². The van der Waals surface area contributed by atoms with Gasteiger partial charge in [0.25, 0.3) is 0 Å². The molecule has 0 aliphatic carbocycles. The standard InChI is InChI=1S/C16H13BrFNO/c1-10-7-13(18)8-11(2)16(10)20-15-4-3-12(5-6-19)9-14(15)17/h3-4,7-9H,5H2,1-2H3. The van der Waals surface area contributed by atoms with Crippen molar-refractivity contribution in [2.24, 2.45) is 0 Å². The molecular weight excluding hydrogens is 321 g/mol. The van der Waals surface area contributed by atoms with Crippen molar-refractivity contribution in [2.45, 2.75) is 20.3 Å². The van der Waals surface area contributed by atoms with Crippen molar-refractivity contribution in [3.63, 3.8) is 0 Å². The first kappa shape index (κ1) is 14.5. The lowest BCUT2D eigenvalue weighted by Gasteiger charge is -2.13. The summed E-state index contributed by atoms with van der Waals surface area (Å²) in [6, 6.07) is 10.5. The maximum Gasteiger partial charge on any atom is 0.141 e. The molecule has 0 spiro atoms. The van der Waals surface area contributed by atoms with Crippen LogP contribution in [0, 0.1) is 31.0 Å². The van der Waals surface area contributed by atoms with E-state index in [1.54, 1.807) is 6.07 Å². The number of nitrogens with zero attached hydrogens (tertiary/aromatic N) is 1. The molecule has 0 aromatic heterocycles. The molecule has 20 heavy (non-hydrogen) atoms. The number of nitriles is 1. The van der Waals surface area contributed by atoms with Gasteiger partial charge in [-0.25, -0.2) is 4.39 Å². The van der Waals surface area contributed by atoms with Crippen LogP contribution < -0.4 is 4.74 Å². The molecule has 0 atom stereocenters. The van der Waals surface area contributed by atoms with Crippen LogP contribution in [-0.4, -0.2) is 0 Å². The van der Waals surface area contributed by atoms with Crippen LogP contribution in [0.4, 0.5) is 4.39 Å². The predicted octanol–water partition coefficient (Wildman–Crippen LogP) is 5.06. The van der Waals surface area contributed by atoms with E-state index in [1.165, 1.54) is 12.1 Å². The van der Waals surface area contributed by atoms with Crippen LogP contribution in [0.3, 0.4) is 0 Å². The van der Waals surface area contributed by atoms with Crippen LogP contribution in [0.25, 0.3) is 0 Å². The highest BCUT2D eigenvalue weighted by molar-refractivity contribution is 9.10. The van der Waals surface area contributed by atoms with Gasteiger partial charge in [-0.05, 0) is 70.7 Å². The second kappa shape index (κ2) is 6.06. The second-order valence-corrected chi connectivity index (χ2v) is 5.42. The van der Waals surface area contributed by atoms with Crippen LogP contribution >= 0.6 is 15.9 Å². The first-order chi connectivity index (χ1) is 9.51. The van der Waals surface area contributed by atoms with Crippen molar-refractivity contribution in [3.05, 3.63) is 57.3 Å². The number of ether oxygens (including phenoxy) is 1. The highest BCUT2D eigenvalue weighted by atomic mass is 79.9. The van der Waals surface area contributed by atoms with E-state index in [1.807, 2.05) is 26.0 Å². The number of hydrogen-bond donors (Lipinski definition) is 0. The Morgan fingerprint density at radius 3 is 2.40 bits per heavy atom. The SMILES string of the molecule is Cc1cc(F)cc(C)c1Oc1ccc(CC#N)cc1Br. The Morgan fingerprint density at radius 2 is 1.85 bits per heavy atom. The zero-order valence-electron chi connectivity index (χ0n) is 11.2. The summed E-state index contributed by atoms with van der Waals surface area (Å²) in [4.78, 5) is 0. The fourth-order valence-corrected chi connectivity index (χ4v) is 2.50. The zero-order valence-corrected chi connectivity index (χ0v) is 12.8. The van der Waals surface area contributed by atoms with Gasteiger partial charge < -0.3 is 4.74 Å². The minimum absolute atomic E-state index is 0.268. The molecule has 4 heteroatoms. The molecule has 0 aliphatic heterocycles. The van der Waals surface area contributed by atoms with Crippen LogP contribution in [0.5, 0.6) is 11.5 Å². The number of hydrogen-bond acceptors (Lipinski definition) is 2. The molecule has 0 fully saturated rings. The number of aryl methyl sites for hydroxylation is 2. The van der Waals surface area contributed by atoms with Crippen molar-refractivity contribution >= 4 is 15.9 Å². The second-order valence-electron chi connectivity index (χ2n) is 4.57. The third-order valence-corrected chi connectivity index (χ3v) is 3.54. The summed E-state index contributed by atoms with van der Waals surface area (Å²) in [5.74, 6) is 1.03. The van der Waals surface area contributed by atoms with Crippen molar-refractivity contribution < 1.29 is 9.13 Å². The quantitative estimate of drug-likeness (QED) is 0.786. The summed E-state index contributed by atoms with van der Waals surface area (Å²) in [7, 11) is 0. The van der Waals surface area contributed by atoms with Crippen molar-refractivity contribution in [1.29, 1.82) is 5.26 Å². The molecule has 2 nitrogen and oxygen atoms in total. The highest BCUT2D eigenvalue weighted by Gasteiger charge is 2.10. The van der Waals surface area contributed by atoms with E-state index in [4.69, 9.17) is 10.00 Å². The maximum atomic E-state index is 13.3. The highest BCUT2D eigenvalue weighted by Crippen LogP contribution is 2.34. The van der Waals surface area contributed by atoms with E-state index in [0.29, 0.717) is 17.9 Å². The van der Waals surface area contributed by atoms with Gasteiger partial charge in [-0.1, -0.05) is 6.07 Å². The molecule has 0 bridgehead atoms. The molecule has 0 saturated heterocycles. The minimum Gasteiger partial charge on any atom is -0.456 e. The summed E-state index contributed by atoms with van der Waals surface area (Å²) < 4.78 is 19.9. The van der Waals surface area contributed by atoms with E-state index in [0.717, 1.165) is 21.2 Å². The summed E-state index contributed by atoms with van der Waals surface area (Å²) in [6.45, 7) is 3.62. The van der Waals surface area contributed by atoms with Gasteiger partial charge in [0.2, 0.25) is 0 Å². The van der Waals surface area contributed by atoms with Gasteiger partial charge in [-0.15, -0.1) is 0 Å². The smallest absolute Gasteiger partial charge is 0.141 e. The Labute approximate surface area is 125 Å². The Morgan fingerprint density at radius 1 is 1.20 bits per heavy atom. The minimum atomic E-state index is -0.268. The molecule has 102 valence electrons.